The number of amides is 3. The monoisotopic (exact) mass is 506 g/mol. The number of aliphatic hydroxyl groups excluding tert-OH is 1. The normalized spacial score (nSPS) is 22.9. The van der Waals surface area contributed by atoms with E-state index in [-0.39, 0.29) is 18.6 Å². The third kappa shape index (κ3) is 5.85. The number of terminal acetylenes is 1. The number of hydrogen-bond donors (Lipinski definition) is 3. The van der Waals surface area contributed by atoms with Gasteiger partial charge in [0, 0.05) is 55.7 Å². The first-order chi connectivity index (χ1) is 17.8. The highest BCUT2D eigenvalue weighted by Crippen LogP contribution is 2.28. The third-order valence-corrected chi connectivity index (χ3v) is 6.68. The Morgan fingerprint density at radius 1 is 0.946 bits per heavy atom. The Bertz CT molecular complexity index is 1180. The number of urea groups is 1. The van der Waals surface area contributed by atoms with Crippen LogP contribution in [0.3, 0.4) is 0 Å². The second kappa shape index (κ2) is 11.3. The first-order valence-corrected chi connectivity index (χ1v) is 11.9. The van der Waals surface area contributed by atoms with Gasteiger partial charge in [-0.2, -0.15) is 0 Å². The lowest BCUT2D eigenvalue weighted by Gasteiger charge is -2.25. The predicted octanol–water partition coefficient (Wildman–Crippen LogP) is 2.04. The molecule has 10 heteroatoms. The number of anilines is 3. The maximum atomic E-state index is 13.2. The SMILES string of the molecule is C#Cc1ccc(NC(=O)N2C[C@H](OC)C[C@@H]2C(=O)Nc2ccc(N3CC(O)CC3C(=O)OC)cc2)cc1. The van der Waals surface area contributed by atoms with E-state index in [1.807, 2.05) is 0 Å². The Morgan fingerprint density at radius 2 is 1.59 bits per heavy atom. The predicted molar refractivity (Wildman–Crippen MR) is 138 cm³/mol. The largest absolute Gasteiger partial charge is 0.467 e. The van der Waals surface area contributed by atoms with Gasteiger partial charge in [-0.3, -0.25) is 4.79 Å². The minimum absolute atomic E-state index is 0.272. The Hall–Kier alpha value is -4.07. The van der Waals surface area contributed by atoms with Crippen LogP contribution in [-0.4, -0.2) is 79.5 Å². The number of nitrogens with one attached hydrogen (secondary N) is 2. The molecule has 2 heterocycles. The van der Waals surface area contributed by atoms with E-state index in [4.69, 9.17) is 15.9 Å². The molecule has 37 heavy (non-hydrogen) atoms. The second-order valence-corrected chi connectivity index (χ2v) is 9.03. The van der Waals surface area contributed by atoms with Crippen LogP contribution in [0, 0.1) is 12.3 Å². The van der Waals surface area contributed by atoms with Gasteiger partial charge in [0.05, 0.1) is 19.3 Å². The number of likely N-dealkylation sites (tertiary alicyclic amines) is 1. The molecule has 2 aromatic rings. The number of esters is 1. The lowest BCUT2D eigenvalue weighted by Crippen LogP contribution is -2.45. The van der Waals surface area contributed by atoms with Crippen molar-refractivity contribution in [1.82, 2.24) is 4.90 Å². The molecule has 2 fully saturated rings. The summed E-state index contributed by atoms with van der Waals surface area (Å²) < 4.78 is 10.3. The third-order valence-electron chi connectivity index (χ3n) is 6.68. The van der Waals surface area contributed by atoms with Gasteiger partial charge in [0.25, 0.3) is 0 Å². The zero-order valence-corrected chi connectivity index (χ0v) is 20.7. The van der Waals surface area contributed by atoms with E-state index in [1.165, 1.54) is 12.0 Å². The van der Waals surface area contributed by atoms with Crippen molar-refractivity contribution < 1.29 is 29.0 Å². The zero-order valence-electron chi connectivity index (χ0n) is 20.7. The van der Waals surface area contributed by atoms with Crippen LogP contribution >= 0.6 is 0 Å². The molecule has 2 aliphatic rings. The molecule has 194 valence electrons. The van der Waals surface area contributed by atoms with E-state index in [1.54, 1.807) is 60.5 Å². The molecule has 0 radical (unpaired) electrons. The highest BCUT2D eigenvalue weighted by atomic mass is 16.5. The number of hydrogen-bond acceptors (Lipinski definition) is 7. The van der Waals surface area contributed by atoms with Crippen LogP contribution in [0.25, 0.3) is 0 Å². The van der Waals surface area contributed by atoms with Crippen LogP contribution in [0.4, 0.5) is 21.9 Å². The highest BCUT2D eigenvalue weighted by molar-refractivity contribution is 6.00. The summed E-state index contributed by atoms with van der Waals surface area (Å²) in [6, 6.07) is 12.1. The molecular formula is C27H30N4O6. The van der Waals surface area contributed by atoms with Gasteiger partial charge >= 0.3 is 12.0 Å². The lowest BCUT2D eigenvalue weighted by atomic mass is 10.1. The minimum atomic E-state index is -0.730. The number of rotatable bonds is 6. The smallest absolute Gasteiger partial charge is 0.328 e. The summed E-state index contributed by atoms with van der Waals surface area (Å²) in [5, 5.41) is 15.7. The van der Waals surface area contributed by atoms with Gasteiger partial charge < -0.3 is 35.0 Å². The number of β-amino-alcohol motifs (C(OH)–C–C–N with tert-alkyl or cyclic N) is 1. The molecule has 4 atom stereocenters. The molecule has 0 spiro atoms. The highest BCUT2D eigenvalue weighted by Gasteiger charge is 2.40. The Labute approximate surface area is 215 Å². The van der Waals surface area contributed by atoms with Crippen LogP contribution in [0.2, 0.25) is 0 Å². The van der Waals surface area contributed by atoms with Crippen molar-refractivity contribution in [3.8, 4) is 12.3 Å². The van der Waals surface area contributed by atoms with Crippen LogP contribution in [-0.2, 0) is 19.1 Å². The number of carbonyl (C=O) groups excluding carboxylic acids is 3. The van der Waals surface area contributed by atoms with E-state index in [9.17, 15) is 19.5 Å². The number of methoxy groups -OCH3 is 2. The van der Waals surface area contributed by atoms with Crippen LogP contribution in [0.1, 0.15) is 18.4 Å². The van der Waals surface area contributed by atoms with E-state index in [0.717, 1.165) is 5.69 Å². The summed E-state index contributed by atoms with van der Waals surface area (Å²) in [5.74, 6) is 1.78. The standard InChI is InChI=1S/C27H30N4O6/c1-4-17-5-7-19(8-6-17)29-27(35)31-16-22(36-2)14-23(31)25(33)28-18-9-11-20(12-10-18)30-15-21(32)13-24(30)26(34)37-3/h1,5-12,21-24,32H,13-16H2,2-3H3,(H,28,33)(H,29,35)/t21?,22-,23-,24?/m1/s1. The van der Waals surface area contributed by atoms with Crippen molar-refractivity contribution in [2.45, 2.75) is 37.1 Å². The summed E-state index contributed by atoms with van der Waals surface area (Å²) in [6.07, 6.45) is 5.12. The first kappa shape index (κ1) is 26.0. The van der Waals surface area contributed by atoms with Crippen LogP contribution in [0.15, 0.2) is 48.5 Å². The van der Waals surface area contributed by atoms with Gasteiger partial charge in [0.2, 0.25) is 5.91 Å². The second-order valence-electron chi connectivity index (χ2n) is 9.03. The molecule has 10 nitrogen and oxygen atoms in total. The van der Waals surface area contributed by atoms with Crippen molar-refractivity contribution in [3.63, 3.8) is 0 Å². The maximum absolute atomic E-state index is 13.2. The molecule has 2 unspecified atom stereocenters. The summed E-state index contributed by atoms with van der Waals surface area (Å²) in [5.41, 5.74) is 2.52. The molecule has 2 aromatic carbocycles. The quantitative estimate of drug-likeness (QED) is 0.405. The van der Waals surface area contributed by atoms with Gasteiger partial charge in [-0.05, 0) is 48.5 Å². The molecule has 0 aliphatic carbocycles. The number of carbonyl (C=O) groups is 3. The van der Waals surface area contributed by atoms with Crippen LogP contribution < -0.4 is 15.5 Å². The fourth-order valence-corrected chi connectivity index (χ4v) is 4.71. The van der Waals surface area contributed by atoms with Gasteiger partial charge in [0.1, 0.15) is 12.1 Å². The number of ether oxygens (including phenoxy) is 2. The molecule has 4 rings (SSSR count). The molecule has 3 N–H and O–H groups in total. The first-order valence-electron chi connectivity index (χ1n) is 11.9. The maximum Gasteiger partial charge on any atom is 0.328 e. The average molecular weight is 507 g/mol. The zero-order chi connectivity index (χ0) is 26.5. The summed E-state index contributed by atoms with van der Waals surface area (Å²) in [6.45, 7) is 0.579. The van der Waals surface area contributed by atoms with Gasteiger partial charge in [-0.25, -0.2) is 9.59 Å². The topological polar surface area (TPSA) is 120 Å². The van der Waals surface area contributed by atoms with E-state index in [0.29, 0.717) is 36.3 Å². The fraction of sp³-hybridized carbons (Fsp3) is 0.370. The molecule has 0 saturated carbocycles. The van der Waals surface area contributed by atoms with E-state index in [2.05, 4.69) is 16.6 Å². The van der Waals surface area contributed by atoms with Crippen molar-refractivity contribution in [3.05, 3.63) is 54.1 Å². The lowest BCUT2D eigenvalue weighted by molar-refractivity contribution is -0.142. The van der Waals surface area contributed by atoms with Gasteiger partial charge in [0.15, 0.2) is 0 Å². The molecule has 0 bridgehead atoms. The van der Waals surface area contributed by atoms with Gasteiger partial charge in [-0.15, -0.1) is 6.42 Å². The minimum Gasteiger partial charge on any atom is -0.467 e. The van der Waals surface area contributed by atoms with E-state index >= 15 is 0 Å². The molecule has 2 aliphatic heterocycles. The van der Waals surface area contributed by atoms with Crippen molar-refractivity contribution in [2.24, 2.45) is 0 Å². The summed E-state index contributed by atoms with van der Waals surface area (Å²) >= 11 is 0. The van der Waals surface area contributed by atoms with Crippen molar-refractivity contribution in [1.29, 1.82) is 0 Å². The van der Waals surface area contributed by atoms with Crippen molar-refractivity contribution in [2.75, 3.05) is 42.8 Å². The number of aliphatic hydroxyl groups is 1. The van der Waals surface area contributed by atoms with Gasteiger partial charge in [-0.1, -0.05) is 5.92 Å². The number of nitrogens with zero attached hydrogens (tertiary/aromatic N) is 2. The Morgan fingerprint density at radius 3 is 2.22 bits per heavy atom. The van der Waals surface area contributed by atoms with Crippen molar-refractivity contribution >= 4 is 35.0 Å². The summed E-state index contributed by atoms with van der Waals surface area (Å²) in [4.78, 5) is 41.5. The van der Waals surface area contributed by atoms with E-state index < -0.39 is 30.2 Å². The summed E-state index contributed by atoms with van der Waals surface area (Å²) in [7, 11) is 2.87. The number of benzene rings is 2. The molecule has 0 aromatic heterocycles. The molecule has 2 saturated heterocycles. The fourth-order valence-electron chi connectivity index (χ4n) is 4.71. The Balaban J connectivity index is 1.42. The average Bonchev–Trinajstić information content (AvgIpc) is 3.53. The molecular weight excluding hydrogens is 476 g/mol. The Kier molecular flexibility index (Phi) is 7.96. The molecule has 3 amide bonds. The van der Waals surface area contributed by atoms with Crippen LogP contribution in [0.5, 0.6) is 0 Å².